The Labute approximate surface area is 349 Å². The van der Waals surface area contributed by atoms with Crippen LogP contribution < -0.4 is 16.1 Å². The smallest absolute Gasteiger partial charge is 0.410 e. The molecule has 0 aliphatic carbocycles. The van der Waals surface area contributed by atoms with Crippen molar-refractivity contribution in [3.8, 4) is 0 Å². The van der Waals surface area contributed by atoms with Crippen molar-refractivity contribution in [1.29, 1.82) is 0 Å². The molecule has 59 heavy (non-hydrogen) atoms. The number of carboxylic acids is 2. The Bertz CT molecular complexity index is 1540. The maximum Gasteiger partial charge on any atom is 0.410 e. The van der Waals surface area contributed by atoms with E-state index in [2.05, 4.69) is 16.1 Å². The fraction of sp³-hybridized carbons (Fsp3) is 0.690. The van der Waals surface area contributed by atoms with Crippen molar-refractivity contribution >= 4 is 42.0 Å². The first-order valence-corrected chi connectivity index (χ1v) is 20.0. The summed E-state index contributed by atoms with van der Waals surface area (Å²) < 4.78 is 16.3. The Balaban J connectivity index is 3.32. The number of nitrogens with zero attached hydrogens (tertiary/aromatic N) is 2. The number of hydrogen-bond acceptors (Lipinski definition) is 10. The maximum absolute atomic E-state index is 13.9. The minimum absolute atomic E-state index is 0.0475. The summed E-state index contributed by atoms with van der Waals surface area (Å²) in [5.74, 6) is -6.93. The van der Waals surface area contributed by atoms with Gasteiger partial charge in [-0.2, -0.15) is 0 Å². The molecule has 0 fully saturated rings. The van der Waals surface area contributed by atoms with E-state index in [-0.39, 0.29) is 26.1 Å². The number of amides is 5. The molecule has 5 N–H and O–H groups in total. The van der Waals surface area contributed by atoms with Gasteiger partial charge in [0.15, 0.2) is 0 Å². The number of alkyl carbamates (subject to hydrolysis) is 2. The molecule has 0 bridgehead atoms. The van der Waals surface area contributed by atoms with E-state index in [0.717, 1.165) is 15.5 Å². The standard InChI is InChI=1S/C42H69N5O12/c1-14-47(45-33(49)28(44-37(55)58-41(8,9)10)22-18-19-24-43-36(54)57-26-27-20-16-15-17-21-27)29(48)23-25-46(38(56)59-42(11,12)13)32(30(34(50)51)39(2,3)4)31(35(52)53)40(5,6)7/h15-17,20-21,28,30-32H,14,18-19,22-26H2,1-13H3,(H,43,54)(H,44,55)(H,45,49)(H,50,51)(H,52,53). The first-order chi connectivity index (χ1) is 27.0. The van der Waals surface area contributed by atoms with Gasteiger partial charge in [0.05, 0.1) is 17.9 Å². The van der Waals surface area contributed by atoms with Crippen LogP contribution in [0, 0.1) is 22.7 Å². The van der Waals surface area contributed by atoms with Crippen LogP contribution in [0.2, 0.25) is 0 Å². The molecule has 334 valence electrons. The molecule has 5 amide bonds. The predicted molar refractivity (Wildman–Crippen MR) is 220 cm³/mol. The van der Waals surface area contributed by atoms with Gasteiger partial charge in [0, 0.05) is 26.1 Å². The zero-order valence-electron chi connectivity index (χ0n) is 37.2. The number of unbranched alkanes of at least 4 members (excludes halogenated alkanes) is 1. The van der Waals surface area contributed by atoms with Gasteiger partial charge < -0.3 is 40.0 Å². The summed E-state index contributed by atoms with van der Waals surface area (Å²) in [4.78, 5) is 93.3. The molecule has 0 aromatic heterocycles. The molecule has 3 atom stereocenters. The van der Waals surface area contributed by atoms with Crippen molar-refractivity contribution in [3.63, 3.8) is 0 Å². The van der Waals surface area contributed by atoms with E-state index in [1.165, 1.54) is 0 Å². The van der Waals surface area contributed by atoms with Gasteiger partial charge in [-0.05, 0) is 84.1 Å². The molecule has 1 aromatic carbocycles. The van der Waals surface area contributed by atoms with Crippen LogP contribution in [0.5, 0.6) is 0 Å². The fourth-order valence-electron chi connectivity index (χ4n) is 6.33. The van der Waals surface area contributed by atoms with Gasteiger partial charge in [-0.25, -0.2) is 14.4 Å². The summed E-state index contributed by atoms with van der Waals surface area (Å²) in [7, 11) is 0. The lowest BCUT2D eigenvalue weighted by Crippen LogP contribution is -2.60. The molecule has 1 aromatic rings. The van der Waals surface area contributed by atoms with Crippen molar-refractivity contribution < 1.29 is 58.0 Å². The van der Waals surface area contributed by atoms with Gasteiger partial charge >= 0.3 is 30.2 Å². The van der Waals surface area contributed by atoms with Crippen LogP contribution in [0.3, 0.4) is 0 Å². The second-order valence-electron chi connectivity index (χ2n) is 18.6. The third kappa shape index (κ3) is 19.0. The number of carbonyl (C=O) groups is 7. The van der Waals surface area contributed by atoms with Crippen molar-refractivity contribution in [2.45, 2.75) is 146 Å². The molecule has 0 saturated heterocycles. The average Bonchev–Trinajstić information content (AvgIpc) is 3.06. The van der Waals surface area contributed by atoms with Crippen molar-refractivity contribution in [2.75, 3.05) is 19.6 Å². The Morgan fingerprint density at radius 3 is 1.71 bits per heavy atom. The first-order valence-electron chi connectivity index (χ1n) is 20.0. The summed E-state index contributed by atoms with van der Waals surface area (Å²) in [6, 6.07) is 6.52. The molecule has 17 heteroatoms. The average molecular weight is 836 g/mol. The molecule has 0 saturated carbocycles. The number of ether oxygens (including phenoxy) is 3. The lowest BCUT2D eigenvalue weighted by Gasteiger charge is -2.46. The lowest BCUT2D eigenvalue weighted by molar-refractivity contribution is -0.159. The van der Waals surface area contributed by atoms with E-state index in [1.807, 2.05) is 30.3 Å². The number of nitrogens with one attached hydrogen (secondary N) is 3. The summed E-state index contributed by atoms with van der Waals surface area (Å²) in [5.41, 5.74) is -0.683. The Morgan fingerprint density at radius 1 is 0.729 bits per heavy atom. The Morgan fingerprint density at radius 2 is 1.25 bits per heavy atom. The number of carbonyl (C=O) groups excluding carboxylic acids is 5. The second kappa shape index (κ2) is 22.3. The predicted octanol–water partition coefficient (Wildman–Crippen LogP) is 6.35. The largest absolute Gasteiger partial charge is 0.481 e. The van der Waals surface area contributed by atoms with E-state index in [9.17, 15) is 43.8 Å². The van der Waals surface area contributed by atoms with Crippen molar-refractivity contribution in [1.82, 2.24) is 26.0 Å². The van der Waals surface area contributed by atoms with E-state index in [4.69, 9.17) is 14.2 Å². The minimum atomic E-state index is -1.47. The molecule has 3 unspecified atom stereocenters. The summed E-state index contributed by atoms with van der Waals surface area (Å²) >= 11 is 0. The van der Waals surface area contributed by atoms with Crippen LogP contribution in [0.25, 0.3) is 0 Å². The number of hydrogen-bond donors (Lipinski definition) is 5. The van der Waals surface area contributed by atoms with Crippen LogP contribution in [0.1, 0.15) is 121 Å². The zero-order valence-corrected chi connectivity index (χ0v) is 37.2. The van der Waals surface area contributed by atoms with E-state index in [0.29, 0.717) is 12.8 Å². The minimum Gasteiger partial charge on any atom is -0.481 e. The highest BCUT2D eigenvalue weighted by Crippen LogP contribution is 2.42. The molecular weight excluding hydrogens is 766 g/mol. The monoisotopic (exact) mass is 835 g/mol. The molecular formula is C42H69N5O12. The SMILES string of the molecule is CCN(NC(=O)C(CCCCNC(=O)OCc1ccccc1)NC(=O)OC(C)(C)C)C(=O)CCN(C(=O)OC(C)(C)C)C(C(C(=O)O)C(C)(C)C)C(C(=O)O)C(C)(C)C. The van der Waals surface area contributed by atoms with E-state index in [1.54, 1.807) is 90.0 Å². The highest BCUT2D eigenvalue weighted by molar-refractivity contribution is 5.88. The van der Waals surface area contributed by atoms with E-state index >= 15 is 0 Å². The summed E-state index contributed by atoms with van der Waals surface area (Å²) in [6.45, 7) is 21.0. The van der Waals surface area contributed by atoms with E-state index < -0.39 is 101 Å². The highest BCUT2D eigenvalue weighted by atomic mass is 16.6. The van der Waals surface area contributed by atoms with Crippen LogP contribution in [-0.4, -0.2) is 105 Å². The molecule has 0 aliphatic rings. The number of aliphatic carboxylic acids is 2. The number of rotatable bonds is 18. The Hall–Kier alpha value is -5.09. The molecule has 17 nitrogen and oxygen atoms in total. The van der Waals surface area contributed by atoms with Crippen molar-refractivity contribution in [3.05, 3.63) is 35.9 Å². The zero-order chi connectivity index (χ0) is 45.5. The number of carboxylic acid groups (broad SMARTS) is 2. The van der Waals surface area contributed by atoms with Crippen LogP contribution in [-0.2, 0) is 40.0 Å². The fourth-order valence-corrected chi connectivity index (χ4v) is 6.33. The molecule has 0 aliphatic heterocycles. The van der Waals surface area contributed by atoms with Crippen LogP contribution in [0.15, 0.2) is 30.3 Å². The molecule has 1 rings (SSSR count). The number of benzene rings is 1. The van der Waals surface area contributed by atoms with Gasteiger partial charge in [-0.3, -0.25) is 29.6 Å². The second-order valence-corrected chi connectivity index (χ2v) is 18.6. The third-order valence-electron chi connectivity index (χ3n) is 8.91. The molecule has 0 spiro atoms. The summed E-state index contributed by atoms with van der Waals surface area (Å²) in [5, 5.41) is 27.3. The summed E-state index contributed by atoms with van der Waals surface area (Å²) in [6.07, 6.45) is -2.09. The Kier molecular flexibility index (Phi) is 19.7. The highest BCUT2D eigenvalue weighted by Gasteiger charge is 2.53. The van der Waals surface area contributed by atoms with Gasteiger partial charge in [0.2, 0.25) is 5.91 Å². The third-order valence-corrected chi connectivity index (χ3v) is 8.91. The van der Waals surface area contributed by atoms with Gasteiger partial charge in [-0.15, -0.1) is 0 Å². The first kappa shape index (κ1) is 51.9. The maximum atomic E-state index is 13.9. The van der Waals surface area contributed by atoms with Gasteiger partial charge in [0.25, 0.3) is 5.91 Å². The molecule has 0 heterocycles. The quantitative estimate of drug-likeness (QED) is 0.0619. The normalized spacial score (nSPS) is 14.1. The number of hydrazine groups is 1. The molecule has 0 radical (unpaired) electrons. The van der Waals surface area contributed by atoms with Gasteiger partial charge in [-0.1, -0.05) is 71.9 Å². The topological polar surface area (TPSA) is 230 Å². The van der Waals surface area contributed by atoms with Crippen LogP contribution >= 0.6 is 0 Å². The van der Waals surface area contributed by atoms with Gasteiger partial charge in [0.1, 0.15) is 23.9 Å². The van der Waals surface area contributed by atoms with Crippen molar-refractivity contribution in [2.24, 2.45) is 22.7 Å². The lowest BCUT2D eigenvalue weighted by atomic mass is 9.65. The van der Waals surface area contributed by atoms with Crippen LogP contribution in [0.4, 0.5) is 14.4 Å².